The first-order valence-electron chi connectivity index (χ1n) is 7.38. The summed E-state index contributed by atoms with van der Waals surface area (Å²) in [6, 6.07) is 9.46. The largest absolute Gasteiger partial charge is 0.383 e. The molecule has 7 heteroatoms. The van der Waals surface area contributed by atoms with Crippen LogP contribution >= 0.6 is 24.8 Å². The van der Waals surface area contributed by atoms with Crippen LogP contribution in [0.25, 0.3) is 0 Å². The van der Waals surface area contributed by atoms with Crippen LogP contribution in [-0.2, 0) is 9.53 Å². The highest BCUT2D eigenvalue weighted by Gasteiger charge is 2.10. The molecule has 1 rings (SSSR count). The third-order valence-corrected chi connectivity index (χ3v) is 3.35. The first kappa shape index (κ1) is 24.4. The lowest BCUT2D eigenvalue weighted by molar-refractivity contribution is -0.121. The number of methoxy groups -OCH3 is 1. The predicted molar refractivity (Wildman–Crippen MR) is 99.5 cm³/mol. The van der Waals surface area contributed by atoms with Crippen molar-refractivity contribution in [3.8, 4) is 0 Å². The van der Waals surface area contributed by atoms with E-state index in [4.69, 9.17) is 10.5 Å². The number of nitrogens with two attached hydrogens (primary N) is 1. The smallest absolute Gasteiger partial charge is 0.221 e. The van der Waals surface area contributed by atoms with Gasteiger partial charge in [0.2, 0.25) is 5.91 Å². The topological polar surface area (TPSA) is 67.6 Å². The highest BCUT2D eigenvalue weighted by atomic mass is 35.5. The second kappa shape index (κ2) is 14.7. The zero-order valence-corrected chi connectivity index (χ0v) is 15.5. The van der Waals surface area contributed by atoms with E-state index in [9.17, 15) is 4.79 Å². The third kappa shape index (κ3) is 11.3. The van der Waals surface area contributed by atoms with Crippen LogP contribution < -0.4 is 11.1 Å². The van der Waals surface area contributed by atoms with Gasteiger partial charge in [0.25, 0.3) is 0 Å². The molecule has 1 aromatic rings. The Hall–Kier alpha value is -0.850. The molecule has 1 amide bonds. The van der Waals surface area contributed by atoms with E-state index in [1.165, 1.54) is 0 Å². The van der Waals surface area contributed by atoms with Gasteiger partial charge in [0.1, 0.15) is 0 Å². The summed E-state index contributed by atoms with van der Waals surface area (Å²) in [5, 5.41) is 2.92. The molecule has 0 spiro atoms. The number of carbonyl (C=O) groups is 1. The van der Waals surface area contributed by atoms with Gasteiger partial charge in [-0.1, -0.05) is 30.3 Å². The SMILES string of the molecule is COCCN(C)CCCNC(=O)CC(N)c1ccccc1.Cl.Cl. The van der Waals surface area contributed by atoms with E-state index >= 15 is 0 Å². The molecule has 23 heavy (non-hydrogen) atoms. The van der Waals surface area contributed by atoms with E-state index in [1.54, 1.807) is 7.11 Å². The zero-order valence-electron chi connectivity index (χ0n) is 13.9. The lowest BCUT2D eigenvalue weighted by atomic mass is 10.0. The Labute approximate surface area is 151 Å². The summed E-state index contributed by atoms with van der Waals surface area (Å²) in [7, 11) is 3.75. The van der Waals surface area contributed by atoms with Crippen molar-refractivity contribution in [3.63, 3.8) is 0 Å². The summed E-state index contributed by atoms with van der Waals surface area (Å²) in [6.07, 6.45) is 1.25. The maximum absolute atomic E-state index is 11.8. The first-order valence-corrected chi connectivity index (χ1v) is 7.38. The van der Waals surface area contributed by atoms with Gasteiger partial charge in [-0.15, -0.1) is 24.8 Å². The molecule has 0 aliphatic carbocycles. The number of nitrogens with zero attached hydrogens (tertiary/aromatic N) is 1. The molecule has 1 atom stereocenters. The fourth-order valence-corrected chi connectivity index (χ4v) is 2.03. The molecule has 1 aromatic carbocycles. The fraction of sp³-hybridized carbons (Fsp3) is 0.562. The third-order valence-electron chi connectivity index (χ3n) is 3.35. The minimum Gasteiger partial charge on any atom is -0.383 e. The number of amides is 1. The monoisotopic (exact) mass is 365 g/mol. The molecule has 3 N–H and O–H groups in total. The van der Waals surface area contributed by atoms with Gasteiger partial charge in [0, 0.05) is 32.7 Å². The van der Waals surface area contributed by atoms with Gasteiger partial charge < -0.3 is 20.7 Å². The molecular formula is C16H29Cl2N3O2. The minimum atomic E-state index is -0.240. The van der Waals surface area contributed by atoms with Crippen molar-refractivity contribution < 1.29 is 9.53 Å². The average Bonchev–Trinajstić information content (AvgIpc) is 2.50. The van der Waals surface area contributed by atoms with E-state index in [0.29, 0.717) is 13.0 Å². The van der Waals surface area contributed by atoms with Crippen LogP contribution in [0.2, 0.25) is 0 Å². The van der Waals surface area contributed by atoms with Crippen LogP contribution in [0, 0.1) is 0 Å². The van der Waals surface area contributed by atoms with Gasteiger partial charge in [-0.3, -0.25) is 4.79 Å². The molecule has 0 bridgehead atoms. The number of hydrogen-bond donors (Lipinski definition) is 2. The number of benzene rings is 1. The number of carbonyl (C=O) groups excluding carboxylic acids is 1. The Bertz CT molecular complexity index is 408. The van der Waals surface area contributed by atoms with E-state index in [1.807, 2.05) is 37.4 Å². The zero-order chi connectivity index (χ0) is 15.5. The Balaban J connectivity index is 0. The van der Waals surface area contributed by atoms with Crippen LogP contribution in [0.4, 0.5) is 0 Å². The molecule has 0 heterocycles. The quantitative estimate of drug-likeness (QED) is 0.622. The maximum atomic E-state index is 11.8. The fourth-order valence-electron chi connectivity index (χ4n) is 2.03. The van der Waals surface area contributed by atoms with E-state index < -0.39 is 0 Å². The summed E-state index contributed by atoms with van der Waals surface area (Å²) in [4.78, 5) is 14.0. The van der Waals surface area contributed by atoms with Crippen molar-refractivity contribution in [1.82, 2.24) is 10.2 Å². The van der Waals surface area contributed by atoms with Gasteiger partial charge in [0.15, 0.2) is 0 Å². The number of ether oxygens (including phenoxy) is 1. The normalized spacial score (nSPS) is 11.3. The number of likely N-dealkylation sites (N-methyl/N-ethyl adjacent to an activating group) is 1. The number of nitrogens with one attached hydrogen (secondary N) is 1. The number of halogens is 2. The lowest BCUT2D eigenvalue weighted by Gasteiger charge is -2.16. The van der Waals surface area contributed by atoms with Crippen molar-refractivity contribution in [1.29, 1.82) is 0 Å². The van der Waals surface area contributed by atoms with Gasteiger partial charge in [-0.2, -0.15) is 0 Å². The van der Waals surface area contributed by atoms with Gasteiger partial charge in [-0.25, -0.2) is 0 Å². The second-order valence-electron chi connectivity index (χ2n) is 5.22. The molecule has 5 nitrogen and oxygen atoms in total. The van der Waals surface area contributed by atoms with E-state index in [2.05, 4.69) is 10.2 Å². The standard InChI is InChI=1S/C16H27N3O2.2ClH/c1-19(11-12-21-2)10-6-9-18-16(20)13-15(17)14-7-4-3-5-8-14;;/h3-5,7-8,15H,6,9-13,17H2,1-2H3,(H,18,20);2*1H. The van der Waals surface area contributed by atoms with Gasteiger partial charge in [0.05, 0.1) is 6.61 Å². The number of rotatable bonds is 10. The summed E-state index contributed by atoms with van der Waals surface area (Å²) in [5.74, 6) is 0.00546. The summed E-state index contributed by atoms with van der Waals surface area (Å²) in [6.45, 7) is 3.25. The molecule has 0 aromatic heterocycles. The highest BCUT2D eigenvalue weighted by molar-refractivity contribution is 5.85. The van der Waals surface area contributed by atoms with Gasteiger partial charge in [-0.05, 0) is 25.6 Å². The van der Waals surface area contributed by atoms with E-state index in [0.717, 1.165) is 31.7 Å². The number of hydrogen-bond acceptors (Lipinski definition) is 4. The predicted octanol–water partition coefficient (Wildman–Crippen LogP) is 2.00. The second-order valence-corrected chi connectivity index (χ2v) is 5.22. The molecule has 134 valence electrons. The maximum Gasteiger partial charge on any atom is 0.221 e. The van der Waals surface area contributed by atoms with Crippen molar-refractivity contribution in [3.05, 3.63) is 35.9 Å². The minimum absolute atomic E-state index is 0. The molecule has 0 aliphatic rings. The van der Waals surface area contributed by atoms with Crippen LogP contribution in [0.3, 0.4) is 0 Å². The van der Waals surface area contributed by atoms with Crippen LogP contribution in [-0.4, -0.2) is 51.2 Å². The summed E-state index contributed by atoms with van der Waals surface area (Å²) in [5.41, 5.74) is 7.01. The molecule has 0 radical (unpaired) electrons. The molecule has 0 fully saturated rings. The van der Waals surface area contributed by atoms with Crippen LogP contribution in [0.15, 0.2) is 30.3 Å². The first-order chi connectivity index (χ1) is 10.1. The Morgan fingerprint density at radius 1 is 1.26 bits per heavy atom. The molecular weight excluding hydrogens is 337 g/mol. The molecule has 1 unspecified atom stereocenters. The van der Waals surface area contributed by atoms with E-state index in [-0.39, 0.29) is 36.8 Å². The summed E-state index contributed by atoms with van der Waals surface area (Å²) >= 11 is 0. The molecule has 0 saturated carbocycles. The van der Waals surface area contributed by atoms with Crippen molar-refractivity contribution in [2.75, 3.05) is 40.4 Å². The highest BCUT2D eigenvalue weighted by Crippen LogP contribution is 2.12. The van der Waals surface area contributed by atoms with Crippen molar-refractivity contribution in [2.45, 2.75) is 18.9 Å². The lowest BCUT2D eigenvalue weighted by Crippen LogP contribution is -2.31. The van der Waals surface area contributed by atoms with Crippen LogP contribution in [0.1, 0.15) is 24.4 Å². The molecule has 0 saturated heterocycles. The van der Waals surface area contributed by atoms with Gasteiger partial charge >= 0.3 is 0 Å². The van der Waals surface area contributed by atoms with Crippen molar-refractivity contribution >= 4 is 30.7 Å². The summed E-state index contributed by atoms with van der Waals surface area (Å²) < 4.78 is 5.02. The Morgan fingerprint density at radius 3 is 2.52 bits per heavy atom. The molecule has 0 aliphatic heterocycles. The van der Waals surface area contributed by atoms with Crippen molar-refractivity contribution in [2.24, 2.45) is 5.73 Å². The Morgan fingerprint density at radius 2 is 1.91 bits per heavy atom. The van der Waals surface area contributed by atoms with Crippen LogP contribution in [0.5, 0.6) is 0 Å². The Kier molecular flexibility index (Phi) is 15.6. The average molecular weight is 366 g/mol.